The molecule has 2 aromatic carbocycles. The van der Waals surface area contributed by atoms with Gasteiger partial charge in [0, 0.05) is 5.02 Å². The molecule has 1 aliphatic heterocycles. The van der Waals surface area contributed by atoms with Crippen molar-refractivity contribution in [3.8, 4) is 0 Å². The van der Waals surface area contributed by atoms with Crippen molar-refractivity contribution >= 4 is 50.8 Å². The lowest BCUT2D eigenvalue weighted by atomic mass is 10.0. The average Bonchev–Trinajstić information content (AvgIpc) is 2.78. The van der Waals surface area contributed by atoms with Crippen molar-refractivity contribution in [3.05, 3.63) is 52.5 Å². The predicted octanol–water partition coefficient (Wildman–Crippen LogP) is 4.35. The highest BCUT2D eigenvalue weighted by molar-refractivity contribution is 7.93. The minimum Gasteiger partial charge on any atom is -0.458 e. The monoisotopic (exact) mass is 563 g/mol. The molecule has 1 aliphatic rings. The number of ether oxygens (including phenoxy) is 1. The summed E-state index contributed by atoms with van der Waals surface area (Å²) in [7, 11) is -4.32. The normalized spacial score (nSPS) is 16.5. The number of sulfonamides is 1. The van der Waals surface area contributed by atoms with Crippen LogP contribution in [0, 0.1) is 19.8 Å². The molecule has 2 N–H and O–H groups in total. The largest absolute Gasteiger partial charge is 0.458 e. The zero-order chi connectivity index (χ0) is 28.6. The third-order valence-corrected chi connectivity index (χ3v) is 8.37. The van der Waals surface area contributed by atoms with Gasteiger partial charge in [-0.3, -0.25) is 13.9 Å². The number of hydrogen-bond donors (Lipinski definition) is 2. The van der Waals surface area contributed by atoms with Crippen molar-refractivity contribution < 1.29 is 27.5 Å². The van der Waals surface area contributed by atoms with E-state index in [-0.39, 0.29) is 16.5 Å². The van der Waals surface area contributed by atoms with Gasteiger partial charge in [0.05, 0.1) is 22.7 Å². The molecule has 206 valence electrons. The fraction of sp³-hybridized carbons (Fsp3) is 0.444. The first-order valence-corrected chi connectivity index (χ1v) is 14.1. The summed E-state index contributed by atoms with van der Waals surface area (Å²) in [6.45, 7) is 12.0. The highest BCUT2D eigenvalue weighted by Gasteiger charge is 2.43. The van der Waals surface area contributed by atoms with E-state index in [0.717, 1.165) is 4.31 Å². The van der Waals surface area contributed by atoms with Gasteiger partial charge in [0.1, 0.15) is 17.7 Å². The van der Waals surface area contributed by atoms with Crippen LogP contribution in [-0.4, -0.2) is 43.9 Å². The molecular weight excluding hydrogens is 530 g/mol. The number of esters is 1. The van der Waals surface area contributed by atoms with E-state index in [0.29, 0.717) is 21.8 Å². The van der Waals surface area contributed by atoms with E-state index in [1.807, 2.05) is 0 Å². The van der Waals surface area contributed by atoms with Gasteiger partial charge in [-0.25, -0.2) is 13.2 Å². The minimum absolute atomic E-state index is 0.0249. The number of anilines is 2. The summed E-state index contributed by atoms with van der Waals surface area (Å²) in [4.78, 5) is 39.1. The molecule has 38 heavy (non-hydrogen) atoms. The highest BCUT2D eigenvalue weighted by Crippen LogP contribution is 2.38. The standard InChI is InChI=1S/C27H34ClN3O6S/c1-15(2)24(26(34)37-27(5,6)7)30-23(32)14-21-25(33)29-19-10-8-9-11-20(19)31(21)38(35,36)22-13-16(3)18(28)12-17(22)4/h8-13,15,21,24H,14H2,1-7H3,(H,29,33)(H,30,32). The molecule has 2 aromatic rings. The smallest absolute Gasteiger partial charge is 0.329 e. The lowest BCUT2D eigenvalue weighted by Crippen LogP contribution is -2.54. The molecule has 3 rings (SSSR count). The van der Waals surface area contributed by atoms with Crippen LogP contribution in [0.5, 0.6) is 0 Å². The highest BCUT2D eigenvalue weighted by atomic mass is 35.5. The second-order valence-corrected chi connectivity index (χ2v) is 12.9. The first-order valence-electron chi connectivity index (χ1n) is 12.3. The molecule has 9 nitrogen and oxygen atoms in total. The molecule has 0 radical (unpaired) electrons. The van der Waals surface area contributed by atoms with Crippen LogP contribution in [0.3, 0.4) is 0 Å². The van der Waals surface area contributed by atoms with E-state index in [4.69, 9.17) is 16.3 Å². The van der Waals surface area contributed by atoms with Crippen LogP contribution in [0.25, 0.3) is 0 Å². The summed E-state index contributed by atoms with van der Waals surface area (Å²) in [6.07, 6.45) is -0.517. The van der Waals surface area contributed by atoms with Crippen LogP contribution >= 0.6 is 11.6 Å². The van der Waals surface area contributed by atoms with Gasteiger partial charge in [-0.05, 0) is 75.9 Å². The van der Waals surface area contributed by atoms with E-state index in [1.165, 1.54) is 6.07 Å². The van der Waals surface area contributed by atoms with Crippen LogP contribution in [0.1, 0.15) is 52.2 Å². The molecule has 0 saturated carbocycles. The first kappa shape index (κ1) is 29.4. The van der Waals surface area contributed by atoms with E-state index >= 15 is 0 Å². The van der Waals surface area contributed by atoms with Crippen LogP contribution in [0.15, 0.2) is 41.3 Å². The van der Waals surface area contributed by atoms with Gasteiger partial charge in [-0.2, -0.15) is 0 Å². The van der Waals surface area contributed by atoms with E-state index in [2.05, 4.69) is 10.6 Å². The van der Waals surface area contributed by atoms with Gasteiger partial charge < -0.3 is 15.4 Å². The molecule has 0 aromatic heterocycles. The van der Waals surface area contributed by atoms with E-state index in [9.17, 15) is 22.8 Å². The fourth-order valence-electron chi connectivity index (χ4n) is 4.14. The molecule has 0 spiro atoms. The zero-order valence-corrected chi connectivity index (χ0v) is 24.2. The molecular formula is C27H34ClN3O6S. The number of fused-ring (bicyclic) bond motifs is 1. The Bertz CT molecular complexity index is 1370. The molecule has 2 atom stereocenters. The van der Waals surface area contributed by atoms with Crippen molar-refractivity contribution in [2.45, 2.75) is 77.5 Å². The number of carbonyl (C=O) groups excluding carboxylic acids is 3. The lowest BCUT2D eigenvalue weighted by molar-refractivity contribution is -0.160. The Kier molecular flexibility index (Phi) is 8.48. The number of nitrogens with zero attached hydrogens (tertiary/aromatic N) is 1. The van der Waals surface area contributed by atoms with Gasteiger partial charge in [-0.1, -0.05) is 37.6 Å². The van der Waals surface area contributed by atoms with Gasteiger partial charge >= 0.3 is 5.97 Å². The maximum Gasteiger partial charge on any atom is 0.329 e. The third kappa shape index (κ3) is 6.30. The summed E-state index contributed by atoms with van der Waals surface area (Å²) < 4.78 is 34.5. The van der Waals surface area contributed by atoms with Crippen molar-refractivity contribution in [2.75, 3.05) is 9.62 Å². The summed E-state index contributed by atoms with van der Waals surface area (Å²) >= 11 is 6.20. The molecule has 0 fully saturated rings. The van der Waals surface area contributed by atoms with Crippen molar-refractivity contribution in [1.29, 1.82) is 0 Å². The van der Waals surface area contributed by atoms with Gasteiger partial charge in [0.2, 0.25) is 11.8 Å². The lowest BCUT2D eigenvalue weighted by Gasteiger charge is -2.37. The van der Waals surface area contributed by atoms with E-state index < -0.39 is 51.9 Å². The number of halogens is 1. The Morgan fingerprint density at radius 2 is 1.76 bits per heavy atom. The van der Waals surface area contributed by atoms with Crippen LogP contribution in [0.2, 0.25) is 5.02 Å². The summed E-state index contributed by atoms with van der Waals surface area (Å²) in [5, 5.41) is 5.75. The number of carbonyl (C=O) groups is 3. The quantitative estimate of drug-likeness (QED) is 0.483. The van der Waals surface area contributed by atoms with Crippen molar-refractivity contribution in [1.82, 2.24) is 5.32 Å². The maximum atomic E-state index is 14.1. The average molecular weight is 564 g/mol. The number of benzene rings is 2. The molecule has 2 amide bonds. The SMILES string of the molecule is Cc1cc(S(=O)(=O)N2c3ccccc3NC(=O)C2CC(=O)NC(C(=O)OC(C)(C)C)C(C)C)c(C)cc1Cl. The molecule has 0 aliphatic carbocycles. The molecule has 11 heteroatoms. The molecule has 1 heterocycles. The Morgan fingerprint density at radius 1 is 1.13 bits per heavy atom. The van der Waals surface area contributed by atoms with Crippen LogP contribution in [-0.2, 0) is 29.1 Å². The van der Waals surface area contributed by atoms with Crippen LogP contribution in [0.4, 0.5) is 11.4 Å². The summed E-state index contributed by atoms with van der Waals surface area (Å²) in [5.74, 6) is -2.26. The topological polar surface area (TPSA) is 122 Å². The van der Waals surface area contributed by atoms with Crippen molar-refractivity contribution in [3.63, 3.8) is 0 Å². The maximum absolute atomic E-state index is 14.1. The Hall–Kier alpha value is -3.11. The summed E-state index contributed by atoms with van der Waals surface area (Å²) in [5.41, 5.74) is 0.717. The molecule has 0 saturated heterocycles. The molecule has 2 unspecified atom stereocenters. The van der Waals surface area contributed by atoms with Crippen LogP contribution < -0.4 is 14.9 Å². The number of rotatable bonds is 7. The fourth-order valence-corrected chi connectivity index (χ4v) is 6.29. The van der Waals surface area contributed by atoms with Gasteiger partial charge in [0.25, 0.3) is 10.0 Å². The Balaban J connectivity index is 2.02. The predicted molar refractivity (Wildman–Crippen MR) is 147 cm³/mol. The summed E-state index contributed by atoms with van der Waals surface area (Å²) in [6, 6.07) is 7.08. The number of amides is 2. The molecule has 0 bridgehead atoms. The first-order chi connectivity index (χ1) is 17.5. The second-order valence-electron chi connectivity index (χ2n) is 10.7. The third-order valence-electron chi connectivity index (χ3n) is 6.00. The number of aryl methyl sites for hydroxylation is 2. The second kappa shape index (κ2) is 10.9. The van der Waals surface area contributed by atoms with Gasteiger partial charge in [0.15, 0.2) is 0 Å². The minimum atomic E-state index is -4.32. The Labute approximate surface area is 228 Å². The number of para-hydroxylation sites is 2. The Morgan fingerprint density at radius 3 is 2.37 bits per heavy atom. The number of nitrogens with one attached hydrogen (secondary N) is 2. The number of hydrogen-bond acceptors (Lipinski definition) is 6. The van der Waals surface area contributed by atoms with Crippen molar-refractivity contribution in [2.24, 2.45) is 5.92 Å². The van der Waals surface area contributed by atoms with Gasteiger partial charge in [-0.15, -0.1) is 0 Å². The zero-order valence-electron chi connectivity index (χ0n) is 22.6. The van der Waals surface area contributed by atoms with E-state index in [1.54, 1.807) is 78.8 Å².